The van der Waals surface area contributed by atoms with Crippen LogP contribution in [0.2, 0.25) is 0 Å². The Morgan fingerprint density at radius 3 is 2.67 bits per heavy atom. The summed E-state index contributed by atoms with van der Waals surface area (Å²) in [6.45, 7) is 1.57. The molecule has 1 aliphatic rings. The summed E-state index contributed by atoms with van der Waals surface area (Å²) >= 11 is 0. The van der Waals surface area contributed by atoms with E-state index in [2.05, 4.69) is 15.2 Å². The average Bonchev–Trinajstić information content (AvgIpc) is 3.30. The van der Waals surface area contributed by atoms with Crippen molar-refractivity contribution in [1.82, 2.24) is 19.5 Å². The summed E-state index contributed by atoms with van der Waals surface area (Å²) in [6.07, 6.45) is -4.05. The van der Waals surface area contributed by atoms with Gasteiger partial charge in [0, 0.05) is 6.54 Å². The van der Waals surface area contributed by atoms with Gasteiger partial charge in [0.05, 0.1) is 27.6 Å². The molecule has 0 bridgehead atoms. The number of nitrogen functional groups attached to an aromatic ring is 1. The van der Waals surface area contributed by atoms with Crippen LogP contribution in [0.5, 0.6) is 0 Å². The number of rotatable bonds is 3. The molecule has 1 fully saturated rings. The van der Waals surface area contributed by atoms with Gasteiger partial charge < -0.3 is 5.73 Å². The van der Waals surface area contributed by atoms with E-state index in [4.69, 9.17) is 5.73 Å². The highest BCUT2D eigenvalue weighted by Gasteiger charge is 2.40. The fourth-order valence-electron chi connectivity index (χ4n) is 3.65. The van der Waals surface area contributed by atoms with Crippen LogP contribution in [0.15, 0.2) is 29.2 Å². The number of H-pyrrole nitrogens is 1. The lowest BCUT2D eigenvalue weighted by atomic mass is 10.1. The highest BCUT2D eigenvalue weighted by Crippen LogP contribution is 2.41. The number of aromatic nitrogens is 3. The van der Waals surface area contributed by atoms with Gasteiger partial charge in [0.2, 0.25) is 10.0 Å². The van der Waals surface area contributed by atoms with Crippen molar-refractivity contribution in [1.29, 1.82) is 0 Å². The number of pyridine rings is 1. The molecule has 0 aliphatic carbocycles. The normalized spacial score (nSPS) is 18.4. The molecule has 1 unspecified atom stereocenters. The first kappa shape index (κ1) is 20.5. The molecule has 160 valence electrons. The summed E-state index contributed by atoms with van der Waals surface area (Å²) in [5, 5.41) is 5.63. The van der Waals surface area contributed by atoms with E-state index in [-0.39, 0.29) is 46.0 Å². The molecule has 3 N–H and O–H groups in total. The molecule has 2 aromatic heterocycles. The number of aryl methyl sites for hydroxylation is 1. The topological polar surface area (TPSA) is 105 Å². The standard InChI is InChI=1S/C18H17F4N5O2S/c1-9-4-5-10(7-12(9)19)30(28,29)27-6-2-3-14(27)13-8-11(18(20,21)22)15-16(23)25-26-17(15)24-13/h4-5,7-8,14H,2-3,6H2,1H3,(H3,23,24,25,26). The zero-order valence-electron chi connectivity index (χ0n) is 15.7. The number of fused-ring (bicyclic) bond motifs is 1. The van der Waals surface area contributed by atoms with Crippen molar-refractivity contribution in [3.05, 3.63) is 46.9 Å². The van der Waals surface area contributed by atoms with Crippen molar-refractivity contribution in [3.63, 3.8) is 0 Å². The third-order valence-electron chi connectivity index (χ3n) is 5.17. The molecule has 1 aliphatic heterocycles. The predicted octanol–water partition coefficient (Wildman–Crippen LogP) is 3.53. The first-order chi connectivity index (χ1) is 14.0. The lowest BCUT2D eigenvalue weighted by molar-refractivity contribution is -0.136. The first-order valence-corrected chi connectivity index (χ1v) is 10.4. The van der Waals surface area contributed by atoms with Crippen molar-refractivity contribution in [2.24, 2.45) is 0 Å². The van der Waals surface area contributed by atoms with Crippen molar-refractivity contribution in [2.75, 3.05) is 12.3 Å². The minimum absolute atomic E-state index is 0.0757. The highest BCUT2D eigenvalue weighted by atomic mass is 32.2. The maximum atomic E-state index is 13.9. The number of benzene rings is 1. The molecule has 0 radical (unpaired) electrons. The fourth-order valence-corrected chi connectivity index (χ4v) is 5.33. The lowest BCUT2D eigenvalue weighted by Crippen LogP contribution is -2.31. The van der Waals surface area contributed by atoms with Gasteiger partial charge in [-0.25, -0.2) is 17.8 Å². The zero-order chi connectivity index (χ0) is 21.8. The van der Waals surface area contributed by atoms with Crippen molar-refractivity contribution in [2.45, 2.75) is 36.9 Å². The van der Waals surface area contributed by atoms with Gasteiger partial charge in [0.15, 0.2) is 5.65 Å². The summed E-state index contributed by atoms with van der Waals surface area (Å²) < 4.78 is 82.1. The number of nitrogens with zero attached hydrogens (tertiary/aromatic N) is 3. The molecule has 4 rings (SSSR count). The molecular weight excluding hydrogens is 426 g/mol. The third kappa shape index (κ3) is 3.29. The van der Waals surface area contributed by atoms with Crippen LogP contribution < -0.4 is 5.73 Å². The number of anilines is 1. The Morgan fingerprint density at radius 1 is 1.27 bits per heavy atom. The van der Waals surface area contributed by atoms with E-state index in [0.717, 1.165) is 16.4 Å². The molecule has 1 atom stereocenters. The summed E-state index contributed by atoms with van der Waals surface area (Å²) in [5.74, 6) is -0.958. The van der Waals surface area contributed by atoms with Crippen molar-refractivity contribution < 1.29 is 26.0 Å². The molecular formula is C18H17F4N5O2S. The fraction of sp³-hybridized carbons (Fsp3) is 0.333. The van der Waals surface area contributed by atoms with Gasteiger partial charge in [0.1, 0.15) is 11.6 Å². The van der Waals surface area contributed by atoms with E-state index in [1.54, 1.807) is 0 Å². The number of alkyl halides is 3. The van der Waals surface area contributed by atoms with Crippen LogP contribution in [0.25, 0.3) is 11.0 Å². The summed E-state index contributed by atoms with van der Waals surface area (Å²) in [4.78, 5) is 3.87. The molecule has 7 nitrogen and oxygen atoms in total. The van der Waals surface area contributed by atoms with Gasteiger partial charge in [-0.1, -0.05) is 6.07 Å². The molecule has 0 spiro atoms. The number of sulfonamides is 1. The lowest BCUT2D eigenvalue weighted by Gasteiger charge is -2.24. The number of nitrogens with two attached hydrogens (primary N) is 1. The number of hydrogen-bond acceptors (Lipinski definition) is 5. The van der Waals surface area contributed by atoms with Gasteiger partial charge in [-0.05, 0) is 43.5 Å². The maximum Gasteiger partial charge on any atom is 0.417 e. The van der Waals surface area contributed by atoms with Crippen LogP contribution in [0.1, 0.15) is 35.7 Å². The minimum Gasteiger partial charge on any atom is -0.383 e. The maximum absolute atomic E-state index is 13.9. The smallest absolute Gasteiger partial charge is 0.383 e. The Balaban J connectivity index is 1.82. The van der Waals surface area contributed by atoms with Crippen LogP contribution in [-0.4, -0.2) is 34.4 Å². The van der Waals surface area contributed by atoms with E-state index in [9.17, 15) is 26.0 Å². The van der Waals surface area contributed by atoms with Crippen molar-refractivity contribution >= 4 is 26.9 Å². The summed E-state index contributed by atoms with van der Waals surface area (Å²) in [6, 6.07) is 3.39. The van der Waals surface area contributed by atoms with E-state index in [1.807, 2.05) is 0 Å². The van der Waals surface area contributed by atoms with E-state index >= 15 is 0 Å². The molecule has 12 heteroatoms. The zero-order valence-corrected chi connectivity index (χ0v) is 16.5. The van der Waals surface area contributed by atoms with Crippen molar-refractivity contribution in [3.8, 4) is 0 Å². The SMILES string of the molecule is Cc1ccc(S(=O)(=O)N2CCCC2c2cc(C(F)(F)F)c3c(N)[nH]nc3n2)cc1F. The summed E-state index contributed by atoms with van der Waals surface area (Å²) in [7, 11) is -4.15. The largest absolute Gasteiger partial charge is 0.417 e. The van der Waals surface area contributed by atoms with Gasteiger partial charge in [-0.15, -0.1) is 0 Å². The van der Waals surface area contributed by atoms with Gasteiger partial charge in [-0.3, -0.25) is 5.10 Å². The molecule has 1 aromatic carbocycles. The van der Waals surface area contributed by atoms with Gasteiger partial charge in [-0.2, -0.15) is 22.6 Å². The van der Waals surface area contributed by atoms with Gasteiger partial charge in [0.25, 0.3) is 0 Å². The first-order valence-electron chi connectivity index (χ1n) is 9.00. The third-order valence-corrected chi connectivity index (χ3v) is 7.08. The second-order valence-electron chi connectivity index (χ2n) is 7.11. The van der Waals surface area contributed by atoms with Crippen LogP contribution >= 0.6 is 0 Å². The number of aromatic amines is 1. The van der Waals surface area contributed by atoms with Crippen LogP contribution in [0.4, 0.5) is 23.4 Å². The average molecular weight is 443 g/mol. The number of nitrogens with one attached hydrogen (secondary N) is 1. The molecule has 0 saturated carbocycles. The quantitative estimate of drug-likeness (QED) is 0.603. The Bertz CT molecular complexity index is 1240. The Morgan fingerprint density at radius 2 is 2.00 bits per heavy atom. The summed E-state index contributed by atoms with van der Waals surface area (Å²) in [5.41, 5.74) is 4.48. The number of halogens is 4. The molecule has 1 saturated heterocycles. The van der Waals surface area contributed by atoms with Crippen LogP contribution in [0.3, 0.4) is 0 Å². The molecule has 0 amide bonds. The Kier molecular flexibility index (Phi) is 4.73. The predicted molar refractivity (Wildman–Crippen MR) is 100 cm³/mol. The van der Waals surface area contributed by atoms with E-state index in [1.165, 1.54) is 19.1 Å². The second-order valence-corrected chi connectivity index (χ2v) is 9.00. The van der Waals surface area contributed by atoms with E-state index in [0.29, 0.717) is 6.42 Å². The van der Waals surface area contributed by atoms with Crippen LogP contribution in [-0.2, 0) is 16.2 Å². The Hall–Kier alpha value is -2.73. The second kappa shape index (κ2) is 6.91. The Labute approximate surface area is 168 Å². The molecule has 3 heterocycles. The highest BCUT2D eigenvalue weighted by molar-refractivity contribution is 7.89. The van der Waals surface area contributed by atoms with Crippen LogP contribution in [0, 0.1) is 12.7 Å². The minimum atomic E-state index is -4.74. The number of hydrogen-bond donors (Lipinski definition) is 2. The van der Waals surface area contributed by atoms with Gasteiger partial charge >= 0.3 is 6.18 Å². The molecule has 30 heavy (non-hydrogen) atoms. The van der Waals surface area contributed by atoms with E-state index < -0.39 is 33.6 Å². The molecule has 3 aromatic rings. The monoisotopic (exact) mass is 443 g/mol.